The number of ether oxygens (including phenoxy) is 1. The number of aryl methyl sites for hydroxylation is 2. The Morgan fingerprint density at radius 1 is 1.00 bits per heavy atom. The molecule has 4 aromatic heterocycles. The van der Waals surface area contributed by atoms with E-state index in [0.717, 1.165) is 64.0 Å². The Kier molecular flexibility index (Phi) is 7.71. The van der Waals surface area contributed by atoms with Crippen molar-refractivity contribution in [2.45, 2.75) is 32.8 Å². The number of fused-ring (bicyclic) bond motifs is 1. The Morgan fingerprint density at radius 3 is 2.50 bits per heavy atom. The average Bonchev–Trinajstić information content (AvgIpc) is 3.60. The topological polar surface area (TPSA) is 84.9 Å². The number of para-hydroxylation sites is 1. The van der Waals surface area contributed by atoms with E-state index in [0.29, 0.717) is 17.2 Å². The van der Waals surface area contributed by atoms with Gasteiger partial charge in [-0.2, -0.15) is 9.55 Å². The van der Waals surface area contributed by atoms with Gasteiger partial charge in [0, 0.05) is 22.1 Å². The fourth-order valence-corrected chi connectivity index (χ4v) is 7.85. The SMILES string of the molecule is Cc1ccc(-c2sc(C)c(-c3cc4cnc(Nc5ccc(OC6CCNCC6)cc5)nc4n(-c4ccccc4)c3=O)[n+]2C)s1. The summed E-state index contributed by atoms with van der Waals surface area (Å²) in [5, 5.41) is 8.58. The average molecular weight is 622 g/mol. The number of aromatic nitrogens is 4. The number of piperidine rings is 1. The summed E-state index contributed by atoms with van der Waals surface area (Å²) < 4.78 is 9.98. The number of benzene rings is 2. The van der Waals surface area contributed by atoms with Gasteiger partial charge in [-0.05, 0) is 94.4 Å². The number of nitrogens with zero attached hydrogens (tertiary/aromatic N) is 4. The molecule has 0 amide bonds. The van der Waals surface area contributed by atoms with Gasteiger partial charge in [0.1, 0.15) is 29.3 Å². The highest BCUT2D eigenvalue weighted by Gasteiger charge is 2.28. The van der Waals surface area contributed by atoms with Crippen LogP contribution < -0.4 is 25.5 Å². The van der Waals surface area contributed by atoms with Crippen LogP contribution in [0, 0.1) is 13.8 Å². The number of thiophene rings is 1. The number of rotatable bonds is 7. The monoisotopic (exact) mass is 621 g/mol. The van der Waals surface area contributed by atoms with Crippen molar-refractivity contribution in [1.29, 1.82) is 0 Å². The van der Waals surface area contributed by atoms with Gasteiger partial charge in [-0.15, -0.1) is 11.3 Å². The van der Waals surface area contributed by atoms with E-state index in [1.54, 1.807) is 33.4 Å². The molecule has 1 saturated heterocycles. The molecule has 1 aliphatic heterocycles. The zero-order chi connectivity index (χ0) is 30.2. The Balaban J connectivity index is 1.27. The van der Waals surface area contributed by atoms with Crippen molar-refractivity contribution < 1.29 is 9.30 Å². The molecule has 8 nitrogen and oxygen atoms in total. The second kappa shape index (κ2) is 12.0. The summed E-state index contributed by atoms with van der Waals surface area (Å²) in [4.78, 5) is 27.4. The van der Waals surface area contributed by atoms with Crippen molar-refractivity contribution in [1.82, 2.24) is 19.9 Å². The van der Waals surface area contributed by atoms with E-state index < -0.39 is 0 Å². The third kappa shape index (κ3) is 5.52. The molecular formula is C34H33N6O2S2+. The number of thiazole rings is 1. The highest BCUT2D eigenvalue weighted by atomic mass is 32.1. The molecule has 6 aromatic rings. The highest BCUT2D eigenvalue weighted by Crippen LogP contribution is 2.35. The maximum absolute atomic E-state index is 14.4. The first kappa shape index (κ1) is 28.4. The van der Waals surface area contributed by atoms with Crippen molar-refractivity contribution in [3.05, 3.63) is 99.1 Å². The Morgan fingerprint density at radius 2 is 1.77 bits per heavy atom. The van der Waals surface area contributed by atoms with Gasteiger partial charge in [-0.1, -0.05) is 29.5 Å². The minimum Gasteiger partial charge on any atom is -0.490 e. The lowest BCUT2D eigenvalue weighted by molar-refractivity contribution is -0.644. The van der Waals surface area contributed by atoms with Gasteiger partial charge in [0.05, 0.1) is 10.6 Å². The summed E-state index contributed by atoms with van der Waals surface area (Å²) in [5.74, 6) is 1.26. The summed E-state index contributed by atoms with van der Waals surface area (Å²) in [5.41, 5.74) is 3.52. The molecule has 0 aliphatic carbocycles. The van der Waals surface area contributed by atoms with Gasteiger partial charge < -0.3 is 15.4 Å². The molecule has 0 unspecified atom stereocenters. The van der Waals surface area contributed by atoms with Crippen LogP contribution in [0.3, 0.4) is 0 Å². The van der Waals surface area contributed by atoms with Gasteiger partial charge in [0.15, 0.2) is 5.65 Å². The van der Waals surface area contributed by atoms with Crippen LogP contribution in [0.5, 0.6) is 5.75 Å². The minimum absolute atomic E-state index is 0.127. The van der Waals surface area contributed by atoms with Crippen LogP contribution in [-0.4, -0.2) is 33.7 Å². The predicted octanol–water partition coefficient (Wildman–Crippen LogP) is 6.55. The second-order valence-corrected chi connectivity index (χ2v) is 13.5. The molecule has 0 spiro atoms. The summed E-state index contributed by atoms with van der Waals surface area (Å²) >= 11 is 3.46. The van der Waals surface area contributed by atoms with E-state index in [9.17, 15) is 4.79 Å². The molecule has 1 fully saturated rings. The number of hydrogen-bond donors (Lipinski definition) is 2. The normalized spacial score (nSPS) is 13.8. The van der Waals surface area contributed by atoms with Crippen molar-refractivity contribution >= 4 is 45.3 Å². The maximum atomic E-state index is 14.4. The van der Waals surface area contributed by atoms with E-state index in [4.69, 9.17) is 9.72 Å². The van der Waals surface area contributed by atoms with E-state index in [1.807, 2.05) is 67.7 Å². The standard InChI is InChI=1S/C34H32N6O2S2/c1-21-9-14-29(43-21)33-39(3)30(22(2)44-33)28-19-23-20-36-34(38-31(23)40(32(28)41)25-7-5-4-6-8-25)37-24-10-12-26(13-11-24)42-27-15-17-35-18-16-27/h4-14,19-20,27,35H,15-18H2,1-3H3/p+1. The van der Waals surface area contributed by atoms with Crippen LogP contribution in [0.4, 0.5) is 11.6 Å². The summed E-state index contributed by atoms with van der Waals surface area (Å²) in [6.45, 7) is 6.16. The quantitative estimate of drug-likeness (QED) is 0.197. The van der Waals surface area contributed by atoms with E-state index in [-0.39, 0.29) is 11.7 Å². The smallest absolute Gasteiger partial charge is 0.279 e. The van der Waals surface area contributed by atoms with Gasteiger partial charge >= 0.3 is 0 Å². The van der Waals surface area contributed by atoms with Crippen LogP contribution in [0.15, 0.2) is 83.8 Å². The fraction of sp³-hybridized carbons (Fsp3) is 0.235. The number of pyridine rings is 1. The van der Waals surface area contributed by atoms with Crippen LogP contribution in [-0.2, 0) is 7.05 Å². The Labute approximate surface area is 263 Å². The third-order valence-corrected chi connectivity index (χ3v) is 10.2. The summed E-state index contributed by atoms with van der Waals surface area (Å²) in [6.07, 6.45) is 4.04. The van der Waals surface area contributed by atoms with Crippen LogP contribution >= 0.6 is 22.7 Å². The van der Waals surface area contributed by atoms with E-state index >= 15 is 0 Å². The first-order valence-electron chi connectivity index (χ1n) is 14.7. The Bertz CT molecular complexity index is 2010. The van der Waals surface area contributed by atoms with Gasteiger partial charge in [-0.3, -0.25) is 9.36 Å². The molecule has 5 heterocycles. The molecule has 1 aliphatic rings. The Hall–Kier alpha value is -4.38. The molecular weight excluding hydrogens is 589 g/mol. The van der Waals surface area contributed by atoms with Crippen molar-refractivity contribution in [3.8, 4) is 32.6 Å². The van der Waals surface area contributed by atoms with Gasteiger partial charge in [-0.25, -0.2) is 4.98 Å². The van der Waals surface area contributed by atoms with Crippen LogP contribution in [0.2, 0.25) is 0 Å². The lowest BCUT2D eigenvalue weighted by atomic mass is 10.1. The fourth-order valence-electron chi connectivity index (χ4n) is 5.73. The van der Waals surface area contributed by atoms with Gasteiger partial charge in [0.25, 0.3) is 10.6 Å². The van der Waals surface area contributed by atoms with E-state index in [1.165, 1.54) is 9.75 Å². The molecule has 0 radical (unpaired) electrons. The number of anilines is 2. The molecule has 7 rings (SSSR count). The lowest BCUT2D eigenvalue weighted by Crippen LogP contribution is -2.34. The molecule has 0 saturated carbocycles. The largest absolute Gasteiger partial charge is 0.490 e. The minimum atomic E-state index is -0.127. The van der Waals surface area contributed by atoms with Crippen molar-refractivity contribution in [2.75, 3.05) is 18.4 Å². The second-order valence-electron chi connectivity index (χ2n) is 11.0. The summed E-state index contributed by atoms with van der Waals surface area (Å²) in [7, 11) is 2.03. The summed E-state index contributed by atoms with van der Waals surface area (Å²) in [6, 6.07) is 23.7. The molecule has 10 heteroatoms. The number of hydrogen-bond acceptors (Lipinski definition) is 8. The maximum Gasteiger partial charge on any atom is 0.279 e. The van der Waals surface area contributed by atoms with Crippen molar-refractivity contribution in [3.63, 3.8) is 0 Å². The van der Waals surface area contributed by atoms with Crippen molar-refractivity contribution in [2.24, 2.45) is 7.05 Å². The molecule has 2 N–H and O–H groups in total. The highest BCUT2D eigenvalue weighted by molar-refractivity contribution is 7.21. The zero-order valence-electron chi connectivity index (χ0n) is 24.8. The molecule has 2 aromatic carbocycles. The third-order valence-electron chi connectivity index (χ3n) is 7.88. The predicted molar refractivity (Wildman–Crippen MR) is 179 cm³/mol. The molecule has 44 heavy (non-hydrogen) atoms. The van der Waals surface area contributed by atoms with E-state index in [2.05, 4.69) is 46.2 Å². The lowest BCUT2D eigenvalue weighted by Gasteiger charge is -2.23. The number of nitrogens with one attached hydrogen (secondary N) is 2. The first-order chi connectivity index (χ1) is 21.4. The van der Waals surface area contributed by atoms with Crippen LogP contribution in [0.25, 0.3) is 37.9 Å². The molecule has 0 bridgehead atoms. The van der Waals surface area contributed by atoms with Crippen LogP contribution in [0.1, 0.15) is 22.6 Å². The molecule has 0 atom stereocenters. The molecule has 222 valence electrons. The first-order valence-corrected chi connectivity index (χ1v) is 16.4. The van der Waals surface area contributed by atoms with Gasteiger partial charge in [0.2, 0.25) is 11.6 Å². The zero-order valence-corrected chi connectivity index (χ0v) is 26.5.